The zero-order chi connectivity index (χ0) is 20.2. The minimum Gasteiger partial charge on any atom is -0.461 e. The standard InChI is InChI=1S/C19H22ClF2N5O2/c20-16-14(22)15-13(7-23-16)17(26-5-2-12(28)9-26)25-18(24-15)29-10-19-3-1-4-27(19)8-11(21)6-19/h7,11-12,28H,1-6,8-10H2/t11-,12-,19+/m1/s1. The first-order chi connectivity index (χ1) is 13.9. The lowest BCUT2D eigenvalue weighted by Crippen LogP contribution is -2.43. The summed E-state index contributed by atoms with van der Waals surface area (Å²) in [6.45, 7) is 2.50. The van der Waals surface area contributed by atoms with Gasteiger partial charge in [-0.05, 0) is 25.8 Å². The Bertz CT molecular complexity index is 950. The fourth-order valence-electron chi connectivity index (χ4n) is 4.89. The lowest BCUT2D eigenvalue weighted by Gasteiger charge is -2.31. The Kier molecular flexibility index (Phi) is 4.71. The van der Waals surface area contributed by atoms with Crippen LogP contribution in [0.5, 0.6) is 6.01 Å². The first-order valence-corrected chi connectivity index (χ1v) is 10.3. The van der Waals surface area contributed by atoms with E-state index in [1.54, 1.807) is 0 Å². The molecule has 10 heteroatoms. The van der Waals surface area contributed by atoms with Crippen LogP contribution < -0.4 is 9.64 Å². The van der Waals surface area contributed by atoms with E-state index in [0.717, 1.165) is 19.4 Å². The van der Waals surface area contributed by atoms with Crippen LogP contribution >= 0.6 is 11.6 Å². The molecule has 3 aliphatic heterocycles. The van der Waals surface area contributed by atoms with E-state index in [2.05, 4.69) is 19.9 Å². The van der Waals surface area contributed by atoms with Gasteiger partial charge in [0.25, 0.3) is 0 Å². The van der Waals surface area contributed by atoms with Gasteiger partial charge in [0.05, 0.1) is 17.0 Å². The van der Waals surface area contributed by atoms with E-state index in [-0.39, 0.29) is 28.8 Å². The highest BCUT2D eigenvalue weighted by Gasteiger charge is 2.49. The van der Waals surface area contributed by atoms with Gasteiger partial charge in [0.15, 0.2) is 11.0 Å². The Labute approximate surface area is 171 Å². The predicted molar refractivity (Wildman–Crippen MR) is 104 cm³/mol. The van der Waals surface area contributed by atoms with E-state index in [4.69, 9.17) is 16.3 Å². The maximum Gasteiger partial charge on any atom is 0.319 e. The number of aliphatic hydroxyl groups is 1. The topological polar surface area (TPSA) is 74.6 Å². The van der Waals surface area contributed by atoms with Gasteiger partial charge in [0.2, 0.25) is 0 Å². The summed E-state index contributed by atoms with van der Waals surface area (Å²) in [6.07, 6.45) is 2.99. The average Bonchev–Trinajstić information content (AvgIpc) is 3.36. The number of rotatable bonds is 4. The van der Waals surface area contributed by atoms with E-state index < -0.39 is 18.1 Å². The second kappa shape index (κ2) is 7.14. The van der Waals surface area contributed by atoms with Gasteiger partial charge in [-0.1, -0.05) is 11.6 Å². The van der Waals surface area contributed by atoms with Gasteiger partial charge < -0.3 is 14.7 Å². The Morgan fingerprint density at radius 2 is 2.17 bits per heavy atom. The van der Waals surface area contributed by atoms with Crippen molar-refractivity contribution in [2.75, 3.05) is 37.7 Å². The van der Waals surface area contributed by atoms with E-state index in [1.807, 2.05) is 4.90 Å². The van der Waals surface area contributed by atoms with Crippen molar-refractivity contribution in [3.8, 4) is 6.01 Å². The van der Waals surface area contributed by atoms with Crippen LogP contribution in [0.25, 0.3) is 10.9 Å². The minimum atomic E-state index is -0.861. The van der Waals surface area contributed by atoms with E-state index in [9.17, 15) is 13.9 Å². The molecule has 1 N–H and O–H groups in total. The van der Waals surface area contributed by atoms with Crippen molar-refractivity contribution >= 4 is 28.3 Å². The molecule has 3 atom stereocenters. The van der Waals surface area contributed by atoms with Crippen molar-refractivity contribution < 1.29 is 18.6 Å². The second-order valence-corrected chi connectivity index (χ2v) is 8.57. The Morgan fingerprint density at radius 1 is 1.31 bits per heavy atom. The Balaban J connectivity index is 1.50. The summed E-state index contributed by atoms with van der Waals surface area (Å²) in [5.41, 5.74) is -0.321. The summed E-state index contributed by atoms with van der Waals surface area (Å²) in [4.78, 5) is 16.6. The largest absolute Gasteiger partial charge is 0.461 e. The number of alkyl halides is 1. The third-order valence-corrected chi connectivity index (χ3v) is 6.56. The van der Waals surface area contributed by atoms with Crippen LogP contribution in [0.1, 0.15) is 25.7 Å². The van der Waals surface area contributed by atoms with E-state index in [1.165, 1.54) is 6.20 Å². The molecule has 0 aliphatic carbocycles. The monoisotopic (exact) mass is 425 g/mol. The molecule has 0 radical (unpaired) electrons. The number of hydrogen-bond acceptors (Lipinski definition) is 7. The number of halogens is 3. The van der Waals surface area contributed by atoms with Gasteiger partial charge in [-0.25, -0.2) is 13.8 Å². The highest BCUT2D eigenvalue weighted by molar-refractivity contribution is 6.30. The summed E-state index contributed by atoms with van der Waals surface area (Å²) in [5.74, 6) is -0.275. The smallest absolute Gasteiger partial charge is 0.319 e. The quantitative estimate of drug-likeness (QED) is 0.753. The number of nitrogens with zero attached hydrogens (tertiary/aromatic N) is 5. The molecule has 3 fully saturated rings. The van der Waals surface area contributed by atoms with Crippen molar-refractivity contribution in [1.82, 2.24) is 19.9 Å². The van der Waals surface area contributed by atoms with Gasteiger partial charge in [0.1, 0.15) is 24.1 Å². The lowest BCUT2D eigenvalue weighted by molar-refractivity contribution is 0.107. The number of fused-ring (bicyclic) bond motifs is 2. The summed E-state index contributed by atoms with van der Waals surface area (Å²) in [7, 11) is 0. The third-order valence-electron chi connectivity index (χ3n) is 6.29. The normalized spacial score (nSPS) is 29.7. The molecule has 2 aromatic heterocycles. The number of aromatic nitrogens is 3. The molecule has 3 saturated heterocycles. The maximum atomic E-state index is 14.7. The van der Waals surface area contributed by atoms with Crippen molar-refractivity contribution in [3.63, 3.8) is 0 Å². The van der Waals surface area contributed by atoms with Crippen molar-refractivity contribution in [3.05, 3.63) is 17.2 Å². The number of β-amino-alcohol motifs (C(OH)–C–C–N with tert-alkyl or cyclic N) is 1. The van der Waals surface area contributed by atoms with Crippen LogP contribution in [0, 0.1) is 5.82 Å². The molecule has 0 bridgehead atoms. The fraction of sp³-hybridized carbons (Fsp3) is 0.632. The summed E-state index contributed by atoms with van der Waals surface area (Å²) >= 11 is 5.85. The van der Waals surface area contributed by atoms with E-state index >= 15 is 0 Å². The minimum absolute atomic E-state index is 0.0265. The predicted octanol–water partition coefficient (Wildman–Crippen LogP) is 2.34. The molecule has 0 unspecified atom stereocenters. The molecule has 29 heavy (non-hydrogen) atoms. The SMILES string of the molecule is O[C@@H]1CCN(c2nc(OC[C@@]34CCCN3C[C@H](F)C4)nc3c(F)c(Cl)ncc23)C1. The molecular weight excluding hydrogens is 404 g/mol. The molecular formula is C19H22ClF2N5O2. The highest BCUT2D eigenvalue weighted by atomic mass is 35.5. The maximum absolute atomic E-state index is 14.7. The van der Waals surface area contributed by atoms with Gasteiger partial charge in [0, 0.05) is 32.3 Å². The van der Waals surface area contributed by atoms with Crippen LogP contribution in [0.2, 0.25) is 5.15 Å². The average molecular weight is 426 g/mol. The second-order valence-electron chi connectivity index (χ2n) is 8.21. The first-order valence-electron chi connectivity index (χ1n) is 9.92. The number of aliphatic hydroxyl groups excluding tert-OH is 1. The molecule has 0 saturated carbocycles. The number of hydrogen-bond donors (Lipinski definition) is 1. The number of pyridine rings is 1. The highest BCUT2D eigenvalue weighted by Crippen LogP contribution is 2.40. The molecule has 0 aromatic carbocycles. The molecule has 3 aliphatic rings. The van der Waals surface area contributed by atoms with Crippen LogP contribution in [0.4, 0.5) is 14.6 Å². The molecule has 5 heterocycles. The van der Waals surface area contributed by atoms with E-state index in [0.29, 0.717) is 43.7 Å². The third kappa shape index (κ3) is 3.29. The van der Waals surface area contributed by atoms with Crippen LogP contribution in [-0.4, -0.2) is 75.6 Å². The molecule has 2 aromatic rings. The molecule has 5 rings (SSSR count). The van der Waals surface area contributed by atoms with Gasteiger partial charge in [-0.3, -0.25) is 4.90 Å². The molecule has 0 amide bonds. The van der Waals surface area contributed by atoms with Gasteiger partial charge in [-0.2, -0.15) is 9.97 Å². The Hall–Kier alpha value is -1.84. The molecule has 156 valence electrons. The summed E-state index contributed by atoms with van der Waals surface area (Å²) < 4.78 is 34.6. The van der Waals surface area contributed by atoms with Gasteiger partial charge in [-0.15, -0.1) is 0 Å². The lowest BCUT2D eigenvalue weighted by atomic mass is 9.95. The Morgan fingerprint density at radius 3 is 2.97 bits per heavy atom. The first kappa shape index (κ1) is 19.1. The summed E-state index contributed by atoms with van der Waals surface area (Å²) in [6, 6.07) is 0.0265. The van der Waals surface area contributed by atoms with Crippen LogP contribution in [-0.2, 0) is 0 Å². The van der Waals surface area contributed by atoms with Crippen LogP contribution in [0.3, 0.4) is 0 Å². The van der Waals surface area contributed by atoms with Crippen molar-refractivity contribution in [2.45, 2.75) is 43.5 Å². The van der Waals surface area contributed by atoms with Gasteiger partial charge >= 0.3 is 6.01 Å². The van der Waals surface area contributed by atoms with Crippen molar-refractivity contribution in [2.24, 2.45) is 0 Å². The zero-order valence-corrected chi connectivity index (χ0v) is 16.6. The van der Waals surface area contributed by atoms with Crippen molar-refractivity contribution in [1.29, 1.82) is 0 Å². The molecule has 0 spiro atoms. The van der Waals surface area contributed by atoms with Crippen LogP contribution in [0.15, 0.2) is 6.20 Å². The zero-order valence-electron chi connectivity index (χ0n) is 15.8. The number of anilines is 1. The number of ether oxygens (including phenoxy) is 1. The fourth-order valence-corrected chi connectivity index (χ4v) is 5.03. The summed E-state index contributed by atoms with van der Waals surface area (Å²) in [5, 5.41) is 10.0. The molecule has 7 nitrogen and oxygen atoms in total.